The second kappa shape index (κ2) is 8.83. The first-order valence-corrected chi connectivity index (χ1v) is 10.0. The van der Waals surface area contributed by atoms with Crippen LogP contribution < -0.4 is 15.8 Å². The van der Waals surface area contributed by atoms with Crippen molar-refractivity contribution >= 4 is 17.6 Å². The number of carbonyl (C=O) groups is 1. The van der Waals surface area contributed by atoms with E-state index in [9.17, 15) is 4.79 Å². The average molecular weight is 416 g/mol. The fraction of sp³-hybridized carbons (Fsp3) is 0.217. The van der Waals surface area contributed by atoms with Crippen LogP contribution in [0.25, 0.3) is 5.78 Å². The largest absolute Gasteiger partial charge is 0.489 e. The summed E-state index contributed by atoms with van der Waals surface area (Å²) in [4.78, 5) is 21.2. The van der Waals surface area contributed by atoms with Gasteiger partial charge in [0.2, 0.25) is 11.9 Å². The lowest BCUT2D eigenvalue weighted by Gasteiger charge is -2.13. The van der Waals surface area contributed by atoms with Crippen LogP contribution in [-0.4, -0.2) is 25.5 Å². The number of nitrogen functional groups attached to an aromatic ring is 1. The number of aryl methyl sites for hydroxylation is 2. The van der Waals surface area contributed by atoms with E-state index in [1.165, 1.54) is 0 Å². The van der Waals surface area contributed by atoms with Gasteiger partial charge in [-0.15, -0.1) is 5.10 Å². The standard InChI is InChI=1S/C23H24N6O2/c1-15-20(16(2)29-23(26-15)27-22(24)28-29)12-21(30)25-13-17-8-6-7-9-18(17)14-31-19-10-4-3-5-11-19/h3-11H,12-14H2,1-2H3,(H2,24,28)(H,25,30). The molecule has 0 saturated carbocycles. The molecule has 0 atom stereocenters. The number of amides is 1. The summed E-state index contributed by atoms with van der Waals surface area (Å²) in [6.07, 6.45) is 0.197. The highest BCUT2D eigenvalue weighted by Gasteiger charge is 2.15. The molecule has 4 aromatic rings. The quantitative estimate of drug-likeness (QED) is 0.480. The number of para-hydroxylation sites is 1. The Morgan fingerprint density at radius 2 is 1.74 bits per heavy atom. The molecule has 3 N–H and O–H groups in total. The summed E-state index contributed by atoms with van der Waals surface area (Å²) in [5.41, 5.74) is 10.1. The van der Waals surface area contributed by atoms with Crippen LogP contribution in [0.1, 0.15) is 28.1 Å². The fourth-order valence-electron chi connectivity index (χ4n) is 3.45. The van der Waals surface area contributed by atoms with Gasteiger partial charge in [-0.05, 0) is 37.1 Å². The fourth-order valence-corrected chi connectivity index (χ4v) is 3.45. The molecule has 0 aliphatic heterocycles. The van der Waals surface area contributed by atoms with E-state index in [1.54, 1.807) is 4.52 Å². The van der Waals surface area contributed by atoms with E-state index in [2.05, 4.69) is 20.4 Å². The minimum absolute atomic E-state index is 0.0979. The summed E-state index contributed by atoms with van der Waals surface area (Å²) in [6, 6.07) is 17.6. The Morgan fingerprint density at radius 1 is 1.03 bits per heavy atom. The number of benzene rings is 2. The first-order chi connectivity index (χ1) is 15.0. The number of hydrogen-bond donors (Lipinski definition) is 2. The third kappa shape index (κ3) is 4.63. The molecular weight excluding hydrogens is 392 g/mol. The smallest absolute Gasteiger partial charge is 0.254 e. The average Bonchev–Trinajstić information content (AvgIpc) is 3.15. The molecule has 2 aromatic heterocycles. The summed E-state index contributed by atoms with van der Waals surface area (Å²) in [5.74, 6) is 1.30. The van der Waals surface area contributed by atoms with E-state index in [1.807, 2.05) is 68.4 Å². The zero-order valence-electron chi connectivity index (χ0n) is 17.5. The van der Waals surface area contributed by atoms with E-state index in [-0.39, 0.29) is 18.3 Å². The summed E-state index contributed by atoms with van der Waals surface area (Å²) in [5, 5.41) is 7.15. The van der Waals surface area contributed by atoms with Crippen molar-refractivity contribution in [1.29, 1.82) is 0 Å². The highest BCUT2D eigenvalue weighted by atomic mass is 16.5. The molecule has 0 fully saturated rings. The summed E-state index contributed by atoms with van der Waals surface area (Å²) in [7, 11) is 0. The molecule has 0 radical (unpaired) electrons. The first-order valence-electron chi connectivity index (χ1n) is 10.0. The molecular formula is C23H24N6O2. The van der Waals surface area contributed by atoms with Crippen molar-refractivity contribution in [3.63, 3.8) is 0 Å². The third-order valence-corrected chi connectivity index (χ3v) is 5.13. The lowest BCUT2D eigenvalue weighted by molar-refractivity contribution is -0.120. The van der Waals surface area contributed by atoms with Gasteiger partial charge in [-0.3, -0.25) is 4.79 Å². The van der Waals surface area contributed by atoms with Crippen LogP contribution in [0.5, 0.6) is 5.75 Å². The van der Waals surface area contributed by atoms with E-state index in [0.29, 0.717) is 18.9 Å². The number of anilines is 1. The summed E-state index contributed by atoms with van der Waals surface area (Å²) >= 11 is 0. The maximum absolute atomic E-state index is 12.7. The van der Waals surface area contributed by atoms with Crippen LogP contribution in [-0.2, 0) is 24.4 Å². The van der Waals surface area contributed by atoms with Crippen LogP contribution in [0.2, 0.25) is 0 Å². The number of nitrogens with one attached hydrogen (secondary N) is 1. The summed E-state index contributed by atoms with van der Waals surface area (Å²) < 4.78 is 7.43. The molecule has 2 heterocycles. The number of carbonyl (C=O) groups excluding carboxylic acids is 1. The SMILES string of the molecule is Cc1nc2nc(N)nn2c(C)c1CC(=O)NCc1ccccc1COc1ccccc1. The molecule has 0 aliphatic rings. The van der Waals surface area contributed by atoms with Crippen molar-refractivity contribution in [3.05, 3.63) is 82.7 Å². The minimum Gasteiger partial charge on any atom is -0.489 e. The minimum atomic E-state index is -0.0979. The number of fused-ring (bicyclic) bond motifs is 1. The molecule has 8 nitrogen and oxygen atoms in total. The molecule has 0 saturated heterocycles. The van der Waals surface area contributed by atoms with Crippen molar-refractivity contribution in [1.82, 2.24) is 24.9 Å². The molecule has 2 aromatic carbocycles. The number of nitrogens with two attached hydrogens (primary N) is 1. The number of hydrogen-bond acceptors (Lipinski definition) is 6. The van der Waals surface area contributed by atoms with Crippen LogP contribution in [0.3, 0.4) is 0 Å². The van der Waals surface area contributed by atoms with Crippen LogP contribution in [0.15, 0.2) is 54.6 Å². The summed E-state index contributed by atoms with van der Waals surface area (Å²) in [6.45, 7) is 4.59. The van der Waals surface area contributed by atoms with Crippen molar-refractivity contribution in [2.45, 2.75) is 33.4 Å². The molecule has 31 heavy (non-hydrogen) atoms. The first kappa shape index (κ1) is 20.3. The van der Waals surface area contributed by atoms with Crippen molar-refractivity contribution in [2.24, 2.45) is 0 Å². The highest BCUT2D eigenvalue weighted by molar-refractivity contribution is 5.79. The predicted molar refractivity (Wildman–Crippen MR) is 117 cm³/mol. The van der Waals surface area contributed by atoms with E-state index in [4.69, 9.17) is 10.5 Å². The van der Waals surface area contributed by atoms with E-state index >= 15 is 0 Å². The highest BCUT2D eigenvalue weighted by Crippen LogP contribution is 2.16. The second-order valence-corrected chi connectivity index (χ2v) is 7.27. The Morgan fingerprint density at radius 3 is 2.52 bits per heavy atom. The van der Waals surface area contributed by atoms with Crippen molar-refractivity contribution in [2.75, 3.05) is 5.73 Å². The number of nitrogens with zero attached hydrogens (tertiary/aromatic N) is 4. The third-order valence-electron chi connectivity index (χ3n) is 5.13. The van der Waals surface area contributed by atoms with Gasteiger partial charge < -0.3 is 15.8 Å². The zero-order chi connectivity index (χ0) is 21.8. The van der Waals surface area contributed by atoms with Gasteiger partial charge in [-0.2, -0.15) is 9.50 Å². The lowest BCUT2D eigenvalue weighted by Crippen LogP contribution is -2.26. The topological polar surface area (TPSA) is 107 Å². The monoisotopic (exact) mass is 416 g/mol. The van der Waals surface area contributed by atoms with Crippen LogP contribution in [0.4, 0.5) is 5.95 Å². The molecule has 8 heteroatoms. The Labute approximate surface area is 180 Å². The molecule has 4 rings (SSSR count). The second-order valence-electron chi connectivity index (χ2n) is 7.27. The Balaban J connectivity index is 1.42. The number of rotatable bonds is 7. The van der Waals surface area contributed by atoms with Crippen LogP contribution in [0, 0.1) is 13.8 Å². The predicted octanol–water partition coefficient (Wildman–Crippen LogP) is 2.76. The Bertz CT molecular complexity index is 1220. The maximum atomic E-state index is 12.7. The van der Waals surface area contributed by atoms with Crippen molar-refractivity contribution in [3.8, 4) is 5.75 Å². The van der Waals surface area contributed by atoms with Crippen molar-refractivity contribution < 1.29 is 9.53 Å². The van der Waals surface area contributed by atoms with Crippen LogP contribution >= 0.6 is 0 Å². The molecule has 0 aliphatic carbocycles. The van der Waals surface area contributed by atoms with Gasteiger partial charge >= 0.3 is 0 Å². The van der Waals surface area contributed by atoms with Gasteiger partial charge in [0.1, 0.15) is 12.4 Å². The van der Waals surface area contributed by atoms with E-state index < -0.39 is 0 Å². The van der Waals surface area contributed by atoms with Gasteiger partial charge in [0, 0.05) is 23.5 Å². The van der Waals surface area contributed by atoms with E-state index in [0.717, 1.165) is 33.8 Å². The lowest BCUT2D eigenvalue weighted by atomic mass is 10.1. The van der Waals surface area contributed by atoms with Gasteiger partial charge in [-0.1, -0.05) is 42.5 Å². The molecule has 0 unspecified atom stereocenters. The van der Waals surface area contributed by atoms with Gasteiger partial charge in [-0.25, -0.2) is 4.98 Å². The number of aromatic nitrogens is 4. The zero-order valence-corrected chi connectivity index (χ0v) is 17.5. The normalized spacial score (nSPS) is 10.9. The van der Waals surface area contributed by atoms with Gasteiger partial charge in [0.25, 0.3) is 5.78 Å². The molecule has 1 amide bonds. The Kier molecular flexibility index (Phi) is 5.79. The van der Waals surface area contributed by atoms with Gasteiger partial charge in [0.05, 0.1) is 6.42 Å². The van der Waals surface area contributed by atoms with Gasteiger partial charge in [0.15, 0.2) is 0 Å². The molecule has 0 bridgehead atoms. The maximum Gasteiger partial charge on any atom is 0.254 e. The molecule has 0 spiro atoms. The number of ether oxygens (including phenoxy) is 1. The Hall–Kier alpha value is -3.94. The molecule has 158 valence electrons.